The predicted octanol–water partition coefficient (Wildman–Crippen LogP) is -0.0771. The first-order valence-corrected chi connectivity index (χ1v) is 7.61. The van der Waals surface area contributed by atoms with Crippen LogP contribution in [0.5, 0.6) is 0 Å². The minimum absolute atomic E-state index is 0.0105. The molecule has 8 heteroatoms. The molecular weight excluding hydrogens is 302 g/mol. The van der Waals surface area contributed by atoms with Crippen molar-refractivity contribution >= 4 is 23.6 Å². The molecule has 0 bridgehead atoms. The van der Waals surface area contributed by atoms with E-state index in [1.54, 1.807) is 20.8 Å². The molecule has 8 nitrogen and oxygen atoms in total. The average Bonchev–Trinajstić information content (AvgIpc) is 2.48. The molecule has 0 aliphatic rings. The molecule has 0 aromatic rings. The number of carboxylic acids is 1. The topological polar surface area (TPSA) is 125 Å². The van der Waals surface area contributed by atoms with Crippen LogP contribution in [-0.2, 0) is 19.2 Å². The number of nitrogens with one attached hydrogen (secondary N) is 3. The number of carboxylic acid groups (broad SMARTS) is 1. The van der Waals surface area contributed by atoms with E-state index in [-0.39, 0.29) is 55.6 Å². The van der Waals surface area contributed by atoms with Gasteiger partial charge in [-0.3, -0.25) is 19.2 Å². The van der Waals surface area contributed by atoms with Crippen LogP contribution in [0.3, 0.4) is 0 Å². The van der Waals surface area contributed by atoms with Crippen LogP contribution >= 0.6 is 0 Å². The first-order chi connectivity index (χ1) is 10.6. The third-order valence-corrected chi connectivity index (χ3v) is 2.52. The van der Waals surface area contributed by atoms with Gasteiger partial charge in [0.2, 0.25) is 11.8 Å². The summed E-state index contributed by atoms with van der Waals surface area (Å²) in [5, 5.41) is 15.6. The Balaban J connectivity index is 0. The summed E-state index contributed by atoms with van der Waals surface area (Å²) in [6.07, 6.45) is 0.222. The summed E-state index contributed by atoms with van der Waals surface area (Å²) in [4.78, 5) is 43.2. The number of Topliss-reactive ketones (excluding diaryl/α,β-unsaturated/α-hetero) is 1. The predicted molar refractivity (Wildman–Crippen MR) is 86.9 cm³/mol. The summed E-state index contributed by atoms with van der Waals surface area (Å²) < 4.78 is 0. The molecule has 0 aliphatic heterocycles. The summed E-state index contributed by atoms with van der Waals surface area (Å²) in [6.45, 7) is 9.08. The maximum absolute atomic E-state index is 11.3. The van der Waals surface area contributed by atoms with E-state index in [9.17, 15) is 19.2 Å². The van der Waals surface area contributed by atoms with Gasteiger partial charge < -0.3 is 21.1 Å². The van der Waals surface area contributed by atoms with E-state index in [1.807, 2.05) is 13.8 Å². The lowest BCUT2D eigenvalue weighted by molar-refractivity contribution is -0.136. The Morgan fingerprint density at radius 3 is 1.70 bits per heavy atom. The lowest BCUT2D eigenvalue weighted by Crippen LogP contribution is -2.43. The van der Waals surface area contributed by atoms with Gasteiger partial charge in [0.1, 0.15) is 0 Å². The third-order valence-electron chi connectivity index (χ3n) is 2.52. The summed E-state index contributed by atoms with van der Waals surface area (Å²) >= 11 is 0. The van der Waals surface area contributed by atoms with Crippen molar-refractivity contribution in [2.24, 2.45) is 5.92 Å². The number of rotatable bonds is 9. The molecule has 0 aromatic carbocycles. The SMILES string of the molecule is CC(C)NCC(=O)NCC(=O)NCC(=O)C(C)C.CCC(=O)O. The Morgan fingerprint density at radius 2 is 1.30 bits per heavy atom. The Labute approximate surface area is 137 Å². The standard InChI is InChI=1S/C12H23N3O3.C3H6O2/c1-8(2)10(16)5-14-12(18)7-15-11(17)6-13-9(3)4;1-2-3(4)5/h8-9,13H,5-7H2,1-4H3,(H,14,18)(H,15,17);2H2,1H3,(H,4,5). The molecule has 0 saturated carbocycles. The largest absolute Gasteiger partial charge is 0.481 e. The van der Waals surface area contributed by atoms with Gasteiger partial charge in [0.05, 0.1) is 19.6 Å². The molecule has 0 aliphatic carbocycles. The molecular formula is C15H29N3O5. The molecule has 0 aromatic heterocycles. The quantitative estimate of drug-likeness (QED) is 0.468. The Bertz CT molecular complexity index is 395. The van der Waals surface area contributed by atoms with Gasteiger partial charge in [-0.25, -0.2) is 0 Å². The fourth-order valence-electron chi connectivity index (χ4n) is 0.991. The first kappa shape index (κ1) is 23.3. The van der Waals surface area contributed by atoms with Crippen LogP contribution in [0.4, 0.5) is 0 Å². The van der Waals surface area contributed by atoms with Gasteiger partial charge in [-0.05, 0) is 0 Å². The van der Waals surface area contributed by atoms with Crippen molar-refractivity contribution in [2.75, 3.05) is 19.6 Å². The van der Waals surface area contributed by atoms with E-state index in [0.29, 0.717) is 0 Å². The lowest BCUT2D eigenvalue weighted by Gasteiger charge is -2.09. The van der Waals surface area contributed by atoms with Gasteiger partial charge in [0, 0.05) is 18.4 Å². The maximum atomic E-state index is 11.3. The van der Waals surface area contributed by atoms with E-state index in [2.05, 4.69) is 16.0 Å². The minimum Gasteiger partial charge on any atom is -0.481 e. The van der Waals surface area contributed by atoms with Gasteiger partial charge in [-0.1, -0.05) is 34.6 Å². The van der Waals surface area contributed by atoms with E-state index in [0.717, 1.165) is 0 Å². The zero-order chi connectivity index (χ0) is 18.4. The van der Waals surface area contributed by atoms with Crippen LogP contribution in [0.2, 0.25) is 0 Å². The summed E-state index contributed by atoms with van der Waals surface area (Å²) in [7, 11) is 0. The van der Waals surface area contributed by atoms with Gasteiger partial charge >= 0.3 is 5.97 Å². The first-order valence-electron chi connectivity index (χ1n) is 7.61. The summed E-state index contributed by atoms with van der Waals surface area (Å²) in [6, 6.07) is 0.216. The number of carbonyl (C=O) groups is 4. The lowest BCUT2D eigenvalue weighted by atomic mass is 10.1. The van der Waals surface area contributed by atoms with Crippen LogP contribution in [0, 0.1) is 5.92 Å². The molecule has 0 atom stereocenters. The van der Waals surface area contributed by atoms with Crippen molar-refractivity contribution in [3.8, 4) is 0 Å². The van der Waals surface area contributed by atoms with Crippen LogP contribution in [0.1, 0.15) is 41.0 Å². The normalized spacial score (nSPS) is 9.87. The molecule has 134 valence electrons. The van der Waals surface area contributed by atoms with Gasteiger partial charge in [0.15, 0.2) is 5.78 Å². The molecule has 0 radical (unpaired) electrons. The Morgan fingerprint density at radius 1 is 0.870 bits per heavy atom. The second kappa shape index (κ2) is 13.7. The molecule has 23 heavy (non-hydrogen) atoms. The average molecular weight is 331 g/mol. The van der Waals surface area contributed by atoms with Crippen LogP contribution in [0.25, 0.3) is 0 Å². The van der Waals surface area contributed by atoms with Crippen molar-refractivity contribution in [1.82, 2.24) is 16.0 Å². The van der Waals surface area contributed by atoms with E-state index >= 15 is 0 Å². The maximum Gasteiger partial charge on any atom is 0.303 e. The molecule has 0 unspecified atom stereocenters. The summed E-state index contributed by atoms with van der Waals surface area (Å²) in [5.41, 5.74) is 0. The van der Waals surface area contributed by atoms with E-state index < -0.39 is 5.97 Å². The van der Waals surface area contributed by atoms with Crippen molar-refractivity contribution in [3.63, 3.8) is 0 Å². The second-order valence-corrected chi connectivity index (χ2v) is 5.46. The number of ketones is 1. The number of amides is 2. The number of aliphatic carboxylic acids is 1. The summed E-state index contributed by atoms with van der Waals surface area (Å²) in [5.74, 6) is -1.48. The molecule has 2 amide bonds. The van der Waals surface area contributed by atoms with Crippen LogP contribution in [0.15, 0.2) is 0 Å². The monoisotopic (exact) mass is 331 g/mol. The zero-order valence-electron chi connectivity index (χ0n) is 14.6. The molecule has 0 fully saturated rings. The van der Waals surface area contributed by atoms with Crippen LogP contribution < -0.4 is 16.0 Å². The zero-order valence-corrected chi connectivity index (χ0v) is 14.6. The van der Waals surface area contributed by atoms with E-state index in [4.69, 9.17) is 5.11 Å². The highest BCUT2D eigenvalue weighted by atomic mass is 16.4. The molecule has 0 rings (SSSR count). The molecule has 0 heterocycles. The van der Waals surface area contributed by atoms with Crippen LogP contribution in [-0.4, -0.2) is 54.3 Å². The molecule has 0 spiro atoms. The highest BCUT2D eigenvalue weighted by molar-refractivity contribution is 5.89. The highest BCUT2D eigenvalue weighted by Gasteiger charge is 2.10. The smallest absolute Gasteiger partial charge is 0.303 e. The van der Waals surface area contributed by atoms with E-state index in [1.165, 1.54) is 0 Å². The minimum atomic E-state index is -0.745. The third kappa shape index (κ3) is 18.0. The highest BCUT2D eigenvalue weighted by Crippen LogP contribution is 1.91. The fourth-order valence-corrected chi connectivity index (χ4v) is 0.991. The van der Waals surface area contributed by atoms with Gasteiger partial charge in [-0.2, -0.15) is 0 Å². The number of carbonyl (C=O) groups excluding carboxylic acids is 3. The molecule has 0 saturated heterocycles. The van der Waals surface area contributed by atoms with Crippen molar-refractivity contribution in [1.29, 1.82) is 0 Å². The van der Waals surface area contributed by atoms with Gasteiger partial charge in [0.25, 0.3) is 0 Å². The number of hydrogen-bond donors (Lipinski definition) is 4. The number of hydrogen-bond acceptors (Lipinski definition) is 5. The molecule has 4 N–H and O–H groups in total. The Kier molecular flexibility index (Phi) is 13.9. The Hall–Kier alpha value is -1.96. The van der Waals surface area contributed by atoms with Crippen molar-refractivity contribution in [2.45, 2.75) is 47.1 Å². The fraction of sp³-hybridized carbons (Fsp3) is 0.733. The van der Waals surface area contributed by atoms with Crippen molar-refractivity contribution < 1.29 is 24.3 Å². The second-order valence-electron chi connectivity index (χ2n) is 5.46. The van der Waals surface area contributed by atoms with Crippen molar-refractivity contribution in [3.05, 3.63) is 0 Å². The van der Waals surface area contributed by atoms with Gasteiger partial charge in [-0.15, -0.1) is 0 Å².